The highest BCUT2D eigenvalue weighted by Crippen LogP contribution is 2.34. The van der Waals surface area contributed by atoms with Gasteiger partial charge in [-0.3, -0.25) is 9.59 Å². The second kappa shape index (κ2) is 7.27. The van der Waals surface area contributed by atoms with Crippen LogP contribution in [0.25, 0.3) is 0 Å². The molecule has 0 aliphatic heterocycles. The Bertz CT molecular complexity index is 565. The van der Waals surface area contributed by atoms with E-state index in [0.29, 0.717) is 11.1 Å². The normalized spacial score (nSPS) is 14.4. The predicted octanol–water partition coefficient (Wildman–Crippen LogP) is 3.41. The topological polar surface area (TPSA) is 63.6 Å². The Morgan fingerprint density at radius 3 is 2.57 bits per heavy atom. The van der Waals surface area contributed by atoms with Crippen molar-refractivity contribution in [1.29, 1.82) is 0 Å². The van der Waals surface area contributed by atoms with E-state index in [1.165, 1.54) is 5.54 Å². The Hall–Kier alpha value is -1.81. The van der Waals surface area contributed by atoms with E-state index >= 15 is 0 Å². The number of benzene rings is 1. The van der Waals surface area contributed by atoms with Crippen LogP contribution in [-0.2, 0) is 19.7 Å². The summed E-state index contributed by atoms with van der Waals surface area (Å²) in [4.78, 5) is 24.3. The number of aryl methyl sites for hydroxylation is 1. The number of carbonyl (C=O) groups excluding carboxylic acids is 1. The van der Waals surface area contributed by atoms with Crippen molar-refractivity contribution >= 4 is 23.5 Å². The van der Waals surface area contributed by atoms with Crippen LogP contribution in [0, 0.1) is 6.92 Å². The number of carbonyl (C=O) groups is 2. The number of carboxylic acids is 1. The Kier molecular flexibility index (Phi) is 5.97. The number of allylic oxidation sites excluding steroid dienone is 1. The van der Waals surface area contributed by atoms with E-state index in [-0.39, 0.29) is 13.0 Å². The maximum atomic E-state index is 12.4. The van der Waals surface area contributed by atoms with Crippen molar-refractivity contribution in [2.45, 2.75) is 32.6 Å². The first-order chi connectivity index (χ1) is 9.88. The first-order valence-electron chi connectivity index (χ1n) is 6.62. The van der Waals surface area contributed by atoms with Crippen molar-refractivity contribution in [2.24, 2.45) is 0 Å². The maximum absolute atomic E-state index is 12.4. The zero-order valence-corrected chi connectivity index (χ0v) is 13.1. The van der Waals surface area contributed by atoms with Gasteiger partial charge in [-0.2, -0.15) is 0 Å². The van der Waals surface area contributed by atoms with E-state index in [9.17, 15) is 14.7 Å². The highest BCUT2D eigenvalue weighted by molar-refractivity contribution is 6.25. The number of ether oxygens (including phenoxy) is 1. The average molecular weight is 311 g/mol. The molecular formula is C16H19ClO4. The number of aliphatic carboxylic acids is 1. The second-order valence-corrected chi connectivity index (χ2v) is 5.15. The van der Waals surface area contributed by atoms with Gasteiger partial charge >= 0.3 is 11.9 Å². The predicted molar refractivity (Wildman–Crippen MR) is 81.4 cm³/mol. The smallest absolute Gasteiger partial charge is 0.328 e. The van der Waals surface area contributed by atoms with E-state index in [1.54, 1.807) is 32.0 Å². The average Bonchev–Trinajstić information content (AvgIpc) is 2.44. The first-order valence-corrected chi connectivity index (χ1v) is 7.05. The third kappa shape index (κ3) is 3.64. The van der Waals surface area contributed by atoms with Gasteiger partial charge in [0, 0.05) is 12.0 Å². The lowest BCUT2D eigenvalue weighted by atomic mass is 9.75. The number of hydrogen-bond donors (Lipinski definition) is 1. The number of hydrogen-bond acceptors (Lipinski definition) is 3. The fraction of sp³-hybridized carbons (Fsp3) is 0.375. The lowest BCUT2D eigenvalue weighted by Crippen LogP contribution is -2.45. The van der Waals surface area contributed by atoms with Crippen LogP contribution in [0.15, 0.2) is 35.4 Å². The highest BCUT2D eigenvalue weighted by Gasteiger charge is 2.49. The first kappa shape index (κ1) is 17.2. The molecule has 0 saturated heterocycles. The van der Waals surface area contributed by atoms with Gasteiger partial charge in [0.15, 0.2) is 5.41 Å². The second-order valence-electron chi connectivity index (χ2n) is 4.93. The number of rotatable bonds is 6. The Morgan fingerprint density at radius 1 is 1.43 bits per heavy atom. The van der Waals surface area contributed by atoms with Gasteiger partial charge in [0.05, 0.1) is 6.61 Å². The van der Waals surface area contributed by atoms with Crippen LogP contribution in [0.5, 0.6) is 0 Å². The van der Waals surface area contributed by atoms with Crippen LogP contribution < -0.4 is 0 Å². The van der Waals surface area contributed by atoms with Crippen LogP contribution in [0.4, 0.5) is 0 Å². The van der Waals surface area contributed by atoms with E-state index in [1.807, 2.05) is 13.0 Å². The molecule has 5 heteroatoms. The molecule has 21 heavy (non-hydrogen) atoms. The van der Waals surface area contributed by atoms with Crippen molar-refractivity contribution in [3.8, 4) is 0 Å². The summed E-state index contributed by atoms with van der Waals surface area (Å²) < 4.78 is 5.02. The molecule has 4 nitrogen and oxygen atoms in total. The molecule has 1 atom stereocenters. The monoisotopic (exact) mass is 310 g/mol. The van der Waals surface area contributed by atoms with Crippen LogP contribution >= 0.6 is 11.6 Å². The molecule has 0 saturated carbocycles. The van der Waals surface area contributed by atoms with E-state index in [2.05, 4.69) is 0 Å². The number of carboxylic acid groups (broad SMARTS) is 1. The van der Waals surface area contributed by atoms with Gasteiger partial charge in [-0.05, 0) is 26.3 Å². The van der Waals surface area contributed by atoms with Gasteiger partial charge in [-0.15, -0.1) is 0 Å². The molecule has 1 rings (SSSR count). The summed E-state index contributed by atoms with van der Waals surface area (Å²) in [5, 5.41) is 9.74. The third-order valence-corrected chi connectivity index (χ3v) is 3.60. The Morgan fingerprint density at radius 2 is 2.10 bits per heavy atom. The van der Waals surface area contributed by atoms with Gasteiger partial charge in [0.1, 0.15) is 0 Å². The van der Waals surface area contributed by atoms with Crippen molar-refractivity contribution in [3.63, 3.8) is 0 Å². The SMILES string of the molecule is CCOC(=O)C(C/C(C)=C/Cl)(C(=O)O)c1cccc(C)c1. The van der Waals surface area contributed by atoms with E-state index < -0.39 is 17.4 Å². The molecule has 0 aliphatic carbocycles. The van der Waals surface area contributed by atoms with Crippen LogP contribution in [0.3, 0.4) is 0 Å². The zero-order valence-electron chi connectivity index (χ0n) is 12.4. The number of halogens is 1. The molecule has 0 radical (unpaired) electrons. The van der Waals surface area contributed by atoms with Gasteiger partial charge < -0.3 is 9.84 Å². The summed E-state index contributed by atoms with van der Waals surface area (Å²) in [5.74, 6) is -2.02. The van der Waals surface area contributed by atoms with E-state index in [0.717, 1.165) is 5.56 Å². The molecule has 0 amide bonds. The summed E-state index contributed by atoms with van der Waals surface area (Å²) in [7, 11) is 0. The summed E-state index contributed by atoms with van der Waals surface area (Å²) in [5.41, 5.74) is 1.36. The van der Waals surface area contributed by atoms with Crippen LogP contribution in [0.2, 0.25) is 0 Å². The van der Waals surface area contributed by atoms with Crippen LogP contribution in [0.1, 0.15) is 31.4 Å². The molecule has 0 spiro atoms. The Labute approximate surface area is 129 Å². The third-order valence-electron chi connectivity index (χ3n) is 3.23. The molecule has 0 aromatic heterocycles. The lowest BCUT2D eigenvalue weighted by Gasteiger charge is -2.28. The molecule has 114 valence electrons. The molecular weight excluding hydrogens is 292 g/mol. The molecule has 1 aromatic rings. The minimum atomic E-state index is -1.78. The van der Waals surface area contributed by atoms with E-state index in [4.69, 9.17) is 16.3 Å². The minimum absolute atomic E-state index is 0.0336. The summed E-state index contributed by atoms with van der Waals surface area (Å²) >= 11 is 5.66. The molecule has 1 unspecified atom stereocenters. The van der Waals surface area contributed by atoms with Crippen LogP contribution in [-0.4, -0.2) is 23.7 Å². The van der Waals surface area contributed by atoms with Gasteiger partial charge in [-0.25, -0.2) is 0 Å². The Balaban J connectivity index is 3.50. The fourth-order valence-corrected chi connectivity index (χ4v) is 2.28. The van der Waals surface area contributed by atoms with Gasteiger partial charge in [0.25, 0.3) is 0 Å². The number of esters is 1. The molecule has 0 fully saturated rings. The standard InChI is InChI=1S/C16H19ClO4/c1-4-21-15(20)16(14(18)19,9-12(3)10-17)13-7-5-6-11(2)8-13/h5-8,10H,4,9H2,1-3H3,(H,18,19)/b12-10+. The zero-order chi connectivity index (χ0) is 16.0. The quantitative estimate of drug-likeness (QED) is 0.646. The maximum Gasteiger partial charge on any atom is 0.328 e. The molecule has 1 N–H and O–H groups in total. The van der Waals surface area contributed by atoms with Crippen molar-refractivity contribution < 1.29 is 19.4 Å². The largest absolute Gasteiger partial charge is 0.480 e. The lowest BCUT2D eigenvalue weighted by molar-refractivity contribution is -0.161. The molecule has 0 heterocycles. The van der Waals surface area contributed by atoms with Crippen molar-refractivity contribution in [1.82, 2.24) is 0 Å². The molecule has 1 aromatic carbocycles. The van der Waals surface area contributed by atoms with Crippen molar-refractivity contribution in [3.05, 3.63) is 46.5 Å². The molecule has 0 bridgehead atoms. The van der Waals surface area contributed by atoms with Gasteiger partial charge in [-0.1, -0.05) is 47.0 Å². The summed E-state index contributed by atoms with van der Waals surface area (Å²) in [6.07, 6.45) is -0.0336. The summed E-state index contributed by atoms with van der Waals surface area (Å²) in [6.45, 7) is 5.28. The summed E-state index contributed by atoms with van der Waals surface area (Å²) in [6, 6.07) is 6.87. The highest BCUT2D eigenvalue weighted by atomic mass is 35.5. The molecule has 0 aliphatic rings. The fourth-order valence-electron chi connectivity index (χ4n) is 2.20. The van der Waals surface area contributed by atoms with Crippen molar-refractivity contribution in [2.75, 3.05) is 6.61 Å². The minimum Gasteiger partial charge on any atom is -0.480 e. The van der Waals surface area contributed by atoms with Gasteiger partial charge in [0.2, 0.25) is 0 Å².